The standard InChI is InChI=1S/C22H20N6O3/c1-30-18-7-9-19(10-8-18)31-15-22(29)25-17-5-3-16(4-6-17)24-20-11-12-21(27-26-20)28-14-2-13-23-28/h2-14H,15H2,1H3,(H,24,26)(H,25,29). The number of methoxy groups -OCH3 is 1. The maximum atomic E-state index is 12.1. The highest BCUT2D eigenvalue weighted by Crippen LogP contribution is 2.19. The lowest BCUT2D eigenvalue weighted by atomic mass is 10.2. The lowest BCUT2D eigenvalue weighted by molar-refractivity contribution is -0.118. The van der Waals surface area contributed by atoms with E-state index in [1.165, 1.54) is 0 Å². The first-order chi connectivity index (χ1) is 15.2. The van der Waals surface area contributed by atoms with Gasteiger partial charge < -0.3 is 20.1 Å². The molecule has 0 atom stereocenters. The minimum Gasteiger partial charge on any atom is -0.497 e. The van der Waals surface area contributed by atoms with Crippen molar-refractivity contribution in [3.8, 4) is 17.3 Å². The summed E-state index contributed by atoms with van der Waals surface area (Å²) in [6.45, 7) is -0.0927. The van der Waals surface area contributed by atoms with Gasteiger partial charge >= 0.3 is 0 Å². The van der Waals surface area contributed by atoms with Gasteiger partial charge in [-0.3, -0.25) is 4.79 Å². The SMILES string of the molecule is COc1ccc(OCC(=O)Nc2ccc(Nc3ccc(-n4cccn4)nn3)cc2)cc1. The topological polar surface area (TPSA) is 103 Å². The smallest absolute Gasteiger partial charge is 0.262 e. The Morgan fingerprint density at radius 1 is 0.935 bits per heavy atom. The van der Waals surface area contributed by atoms with Gasteiger partial charge in [0.05, 0.1) is 7.11 Å². The Kier molecular flexibility index (Phi) is 6.03. The fourth-order valence-corrected chi connectivity index (χ4v) is 2.72. The highest BCUT2D eigenvalue weighted by atomic mass is 16.5. The Bertz CT molecular complexity index is 1110. The molecule has 2 aromatic heterocycles. The number of ether oxygens (including phenoxy) is 2. The molecule has 31 heavy (non-hydrogen) atoms. The molecular weight excluding hydrogens is 396 g/mol. The van der Waals surface area contributed by atoms with Crippen LogP contribution < -0.4 is 20.1 Å². The van der Waals surface area contributed by atoms with E-state index in [-0.39, 0.29) is 12.5 Å². The van der Waals surface area contributed by atoms with Crippen LogP contribution in [-0.2, 0) is 4.79 Å². The van der Waals surface area contributed by atoms with E-state index >= 15 is 0 Å². The monoisotopic (exact) mass is 416 g/mol. The Hall–Kier alpha value is -4.40. The molecule has 0 bridgehead atoms. The van der Waals surface area contributed by atoms with Gasteiger partial charge in [-0.25, -0.2) is 4.68 Å². The maximum absolute atomic E-state index is 12.1. The van der Waals surface area contributed by atoms with Gasteiger partial charge in [0.25, 0.3) is 5.91 Å². The second-order valence-corrected chi connectivity index (χ2v) is 6.44. The van der Waals surface area contributed by atoms with Gasteiger partial charge in [0.2, 0.25) is 0 Å². The van der Waals surface area contributed by atoms with Gasteiger partial charge in [0, 0.05) is 23.8 Å². The van der Waals surface area contributed by atoms with Crippen molar-refractivity contribution < 1.29 is 14.3 Å². The number of aromatic nitrogens is 4. The van der Waals surface area contributed by atoms with Crippen molar-refractivity contribution in [3.05, 3.63) is 79.1 Å². The molecule has 4 rings (SSSR count). The van der Waals surface area contributed by atoms with Gasteiger partial charge in [-0.05, 0) is 66.7 Å². The van der Waals surface area contributed by atoms with E-state index in [0.717, 1.165) is 11.4 Å². The van der Waals surface area contributed by atoms with E-state index in [1.807, 2.05) is 30.3 Å². The summed E-state index contributed by atoms with van der Waals surface area (Å²) in [6.07, 6.45) is 3.48. The zero-order chi connectivity index (χ0) is 21.5. The lowest BCUT2D eigenvalue weighted by Crippen LogP contribution is -2.20. The minimum atomic E-state index is -0.253. The summed E-state index contributed by atoms with van der Waals surface area (Å²) in [5.74, 6) is 2.29. The molecule has 156 valence electrons. The van der Waals surface area contributed by atoms with Crippen molar-refractivity contribution in [2.45, 2.75) is 0 Å². The first-order valence-electron chi connectivity index (χ1n) is 9.47. The molecule has 4 aromatic rings. The molecule has 1 amide bonds. The number of nitrogens with one attached hydrogen (secondary N) is 2. The Morgan fingerprint density at radius 2 is 1.68 bits per heavy atom. The van der Waals surface area contributed by atoms with Crippen LogP contribution in [0.2, 0.25) is 0 Å². The number of amides is 1. The van der Waals surface area contributed by atoms with E-state index < -0.39 is 0 Å². The molecule has 0 saturated carbocycles. The zero-order valence-corrected chi connectivity index (χ0v) is 16.7. The number of carbonyl (C=O) groups excluding carboxylic acids is 1. The molecule has 2 N–H and O–H groups in total. The molecule has 0 aliphatic heterocycles. The van der Waals surface area contributed by atoms with Crippen molar-refractivity contribution in [3.63, 3.8) is 0 Å². The molecule has 0 aliphatic rings. The number of hydrogen-bond donors (Lipinski definition) is 2. The van der Waals surface area contributed by atoms with Gasteiger partial charge in [-0.2, -0.15) is 5.10 Å². The third kappa shape index (κ3) is 5.36. The molecule has 0 spiro atoms. The average molecular weight is 416 g/mol. The normalized spacial score (nSPS) is 10.4. The van der Waals surface area contributed by atoms with Crippen LogP contribution in [0.1, 0.15) is 0 Å². The maximum Gasteiger partial charge on any atom is 0.262 e. The second-order valence-electron chi connectivity index (χ2n) is 6.44. The largest absolute Gasteiger partial charge is 0.497 e. The molecule has 2 aromatic carbocycles. The van der Waals surface area contributed by atoms with Crippen molar-refractivity contribution in [1.29, 1.82) is 0 Å². The van der Waals surface area contributed by atoms with E-state index in [0.29, 0.717) is 23.1 Å². The van der Waals surface area contributed by atoms with E-state index in [2.05, 4.69) is 25.9 Å². The highest BCUT2D eigenvalue weighted by molar-refractivity contribution is 5.92. The van der Waals surface area contributed by atoms with Crippen LogP contribution >= 0.6 is 0 Å². The van der Waals surface area contributed by atoms with E-state index in [4.69, 9.17) is 9.47 Å². The number of carbonyl (C=O) groups is 1. The predicted molar refractivity (Wildman–Crippen MR) is 116 cm³/mol. The number of nitrogens with zero attached hydrogens (tertiary/aromatic N) is 4. The molecule has 9 nitrogen and oxygen atoms in total. The van der Waals surface area contributed by atoms with Crippen LogP contribution in [0.3, 0.4) is 0 Å². The Morgan fingerprint density at radius 3 is 2.32 bits per heavy atom. The number of hydrogen-bond acceptors (Lipinski definition) is 7. The van der Waals surface area contributed by atoms with Gasteiger partial charge in [-0.1, -0.05) is 0 Å². The van der Waals surface area contributed by atoms with Crippen LogP contribution in [0.25, 0.3) is 5.82 Å². The van der Waals surface area contributed by atoms with E-state index in [1.54, 1.807) is 60.6 Å². The minimum absolute atomic E-state index is 0.0927. The summed E-state index contributed by atoms with van der Waals surface area (Å²) in [7, 11) is 1.59. The van der Waals surface area contributed by atoms with Crippen LogP contribution in [0.4, 0.5) is 17.2 Å². The molecule has 0 radical (unpaired) electrons. The molecule has 9 heteroatoms. The molecule has 0 fully saturated rings. The Balaban J connectivity index is 1.28. The van der Waals surface area contributed by atoms with Gasteiger partial charge in [0.1, 0.15) is 11.5 Å². The van der Waals surface area contributed by atoms with Crippen LogP contribution in [-0.4, -0.2) is 39.6 Å². The average Bonchev–Trinajstić information content (AvgIpc) is 3.35. The molecular formula is C22H20N6O3. The summed E-state index contributed by atoms with van der Waals surface area (Å²) in [5, 5.41) is 18.4. The first-order valence-corrected chi connectivity index (χ1v) is 9.47. The predicted octanol–water partition coefficient (Wildman–Crippen LogP) is 3.43. The Labute approximate surface area is 178 Å². The summed E-state index contributed by atoms with van der Waals surface area (Å²) in [4.78, 5) is 12.1. The third-order valence-electron chi connectivity index (χ3n) is 4.26. The number of rotatable bonds is 8. The summed E-state index contributed by atoms with van der Waals surface area (Å²) in [6, 6.07) is 19.7. The molecule has 0 unspecified atom stereocenters. The van der Waals surface area contributed by atoms with E-state index in [9.17, 15) is 4.79 Å². The molecule has 0 saturated heterocycles. The third-order valence-corrected chi connectivity index (χ3v) is 4.26. The van der Waals surface area contributed by atoms with Crippen LogP contribution in [0, 0.1) is 0 Å². The van der Waals surface area contributed by atoms with Crippen molar-refractivity contribution in [1.82, 2.24) is 20.0 Å². The van der Waals surface area contributed by atoms with Crippen molar-refractivity contribution in [2.24, 2.45) is 0 Å². The number of anilines is 3. The summed E-state index contributed by atoms with van der Waals surface area (Å²) >= 11 is 0. The fourth-order valence-electron chi connectivity index (χ4n) is 2.72. The summed E-state index contributed by atoms with van der Waals surface area (Å²) < 4.78 is 12.2. The van der Waals surface area contributed by atoms with Crippen LogP contribution in [0.15, 0.2) is 79.1 Å². The molecule has 2 heterocycles. The fraction of sp³-hybridized carbons (Fsp3) is 0.0909. The van der Waals surface area contributed by atoms with Crippen molar-refractivity contribution in [2.75, 3.05) is 24.4 Å². The quantitative estimate of drug-likeness (QED) is 0.454. The van der Waals surface area contributed by atoms with Gasteiger partial charge in [-0.15, -0.1) is 10.2 Å². The lowest BCUT2D eigenvalue weighted by Gasteiger charge is -2.09. The van der Waals surface area contributed by atoms with Gasteiger partial charge in [0.15, 0.2) is 18.2 Å². The summed E-state index contributed by atoms with van der Waals surface area (Å²) in [5.41, 5.74) is 1.47. The van der Waals surface area contributed by atoms with Crippen molar-refractivity contribution >= 4 is 23.1 Å². The first kappa shape index (κ1) is 19.9. The molecule has 0 aliphatic carbocycles. The second kappa shape index (κ2) is 9.40. The van der Waals surface area contributed by atoms with Crippen LogP contribution in [0.5, 0.6) is 11.5 Å². The highest BCUT2D eigenvalue weighted by Gasteiger charge is 2.05. The number of benzene rings is 2. The zero-order valence-electron chi connectivity index (χ0n) is 16.7.